The normalized spacial score (nSPS) is 55.5. The SMILES string of the molecule is CC1C2CCCCC2C2CCC3CCCCC3C12. The van der Waals surface area contributed by atoms with Gasteiger partial charge in [0.1, 0.15) is 0 Å². The third-order valence-electron chi connectivity index (χ3n) is 7.53. The summed E-state index contributed by atoms with van der Waals surface area (Å²) in [6, 6.07) is 0. The molecule has 0 radical (unpaired) electrons. The van der Waals surface area contributed by atoms with Gasteiger partial charge in [0.15, 0.2) is 0 Å². The van der Waals surface area contributed by atoms with Crippen molar-refractivity contribution in [2.75, 3.05) is 0 Å². The molecule has 0 aromatic rings. The summed E-state index contributed by atoms with van der Waals surface area (Å²) < 4.78 is 0. The highest BCUT2D eigenvalue weighted by atomic mass is 14.6. The van der Waals surface area contributed by atoms with Crippen LogP contribution >= 0.6 is 0 Å². The standard InChI is InChI=1S/C18H30/c1-12-14-7-4-5-9-16(14)17-11-10-13-6-2-3-8-15(13)18(12)17/h12-18H,2-11H2,1H3. The van der Waals surface area contributed by atoms with Crippen LogP contribution in [0.4, 0.5) is 0 Å². The molecule has 0 heterocycles. The molecule has 18 heavy (non-hydrogen) atoms. The highest BCUT2D eigenvalue weighted by Gasteiger charge is 2.54. The highest BCUT2D eigenvalue weighted by molar-refractivity contribution is 5.03. The van der Waals surface area contributed by atoms with E-state index in [0.717, 1.165) is 41.4 Å². The summed E-state index contributed by atoms with van der Waals surface area (Å²) in [5, 5.41) is 0. The van der Waals surface area contributed by atoms with E-state index in [1.807, 2.05) is 0 Å². The van der Waals surface area contributed by atoms with Crippen LogP contribution in [0.25, 0.3) is 0 Å². The van der Waals surface area contributed by atoms with Crippen molar-refractivity contribution in [1.29, 1.82) is 0 Å². The summed E-state index contributed by atoms with van der Waals surface area (Å²) in [6.45, 7) is 2.64. The number of hydrogen-bond donors (Lipinski definition) is 0. The van der Waals surface area contributed by atoms with E-state index >= 15 is 0 Å². The van der Waals surface area contributed by atoms with Gasteiger partial charge in [-0.3, -0.25) is 0 Å². The Morgan fingerprint density at radius 1 is 0.556 bits per heavy atom. The minimum atomic E-state index is 1.08. The fourth-order valence-electron chi connectivity index (χ4n) is 6.96. The summed E-state index contributed by atoms with van der Waals surface area (Å²) >= 11 is 0. The number of hydrogen-bond acceptors (Lipinski definition) is 0. The minimum Gasteiger partial charge on any atom is -0.0619 e. The second-order valence-corrected chi connectivity index (χ2v) is 8.00. The topological polar surface area (TPSA) is 0 Å². The zero-order chi connectivity index (χ0) is 12.1. The summed E-state index contributed by atoms with van der Waals surface area (Å²) in [4.78, 5) is 0. The molecule has 0 N–H and O–H groups in total. The van der Waals surface area contributed by atoms with Crippen LogP contribution in [0.2, 0.25) is 0 Å². The lowest BCUT2D eigenvalue weighted by Crippen LogP contribution is -2.37. The van der Waals surface area contributed by atoms with Gasteiger partial charge in [0.05, 0.1) is 0 Å². The molecule has 0 nitrogen and oxygen atoms in total. The molecule has 0 aromatic carbocycles. The molecule has 4 aliphatic rings. The lowest BCUT2D eigenvalue weighted by Gasteiger charge is -2.45. The zero-order valence-electron chi connectivity index (χ0n) is 12.1. The molecule has 7 unspecified atom stereocenters. The van der Waals surface area contributed by atoms with E-state index in [9.17, 15) is 0 Å². The second kappa shape index (κ2) is 4.53. The molecule has 0 heteroatoms. The van der Waals surface area contributed by atoms with Crippen LogP contribution in [-0.4, -0.2) is 0 Å². The molecule has 102 valence electrons. The largest absolute Gasteiger partial charge is 0.0619 e. The van der Waals surface area contributed by atoms with Crippen LogP contribution in [0.3, 0.4) is 0 Å². The van der Waals surface area contributed by atoms with Crippen molar-refractivity contribution in [1.82, 2.24) is 0 Å². The molecular formula is C18H30. The predicted octanol–water partition coefficient (Wildman–Crippen LogP) is 5.28. The summed E-state index contributed by atoms with van der Waals surface area (Å²) in [6.07, 6.45) is 15.7. The molecule has 4 saturated carbocycles. The Labute approximate surface area is 113 Å². The molecule has 0 aromatic heterocycles. The lowest BCUT2D eigenvalue weighted by molar-refractivity contribution is 0.0413. The third kappa shape index (κ3) is 1.63. The van der Waals surface area contributed by atoms with Crippen molar-refractivity contribution in [3.8, 4) is 0 Å². The van der Waals surface area contributed by atoms with Crippen LogP contribution in [0.5, 0.6) is 0 Å². The van der Waals surface area contributed by atoms with Crippen molar-refractivity contribution < 1.29 is 0 Å². The van der Waals surface area contributed by atoms with Gasteiger partial charge in [0, 0.05) is 0 Å². The monoisotopic (exact) mass is 246 g/mol. The first-order valence-electron chi connectivity index (χ1n) is 8.86. The average Bonchev–Trinajstić information content (AvgIpc) is 2.73. The van der Waals surface area contributed by atoms with Crippen LogP contribution in [0, 0.1) is 41.4 Å². The van der Waals surface area contributed by atoms with E-state index in [2.05, 4.69) is 6.92 Å². The fraction of sp³-hybridized carbons (Fsp3) is 1.00. The van der Waals surface area contributed by atoms with E-state index < -0.39 is 0 Å². The Morgan fingerprint density at radius 3 is 2.06 bits per heavy atom. The van der Waals surface area contributed by atoms with Crippen LogP contribution in [-0.2, 0) is 0 Å². The molecule has 0 saturated heterocycles. The first-order valence-corrected chi connectivity index (χ1v) is 8.86. The smallest absolute Gasteiger partial charge is 0.0323 e. The Hall–Kier alpha value is 0. The van der Waals surface area contributed by atoms with Gasteiger partial charge in [-0.1, -0.05) is 39.0 Å². The van der Waals surface area contributed by atoms with E-state index in [4.69, 9.17) is 0 Å². The number of fused-ring (bicyclic) bond motifs is 5. The lowest BCUT2D eigenvalue weighted by atomic mass is 9.60. The molecule has 4 fully saturated rings. The first kappa shape index (κ1) is 11.8. The minimum absolute atomic E-state index is 1.08. The molecule has 7 atom stereocenters. The Morgan fingerprint density at radius 2 is 1.22 bits per heavy atom. The van der Waals surface area contributed by atoms with Crippen molar-refractivity contribution in [3.63, 3.8) is 0 Å². The van der Waals surface area contributed by atoms with Gasteiger partial charge >= 0.3 is 0 Å². The maximum atomic E-state index is 2.64. The summed E-state index contributed by atoms with van der Waals surface area (Å²) in [5.74, 6) is 7.96. The summed E-state index contributed by atoms with van der Waals surface area (Å²) in [5.41, 5.74) is 0. The second-order valence-electron chi connectivity index (χ2n) is 8.00. The quantitative estimate of drug-likeness (QED) is 0.546. The Balaban J connectivity index is 1.61. The van der Waals surface area contributed by atoms with Crippen LogP contribution in [0.15, 0.2) is 0 Å². The van der Waals surface area contributed by atoms with Gasteiger partial charge in [0.2, 0.25) is 0 Å². The molecule has 0 spiro atoms. The first-order chi connectivity index (χ1) is 8.86. The van der Waals surface area contributed by atoms with Crippen molar-refractivity contribution in [2.45, 2.75) is 71.1 Å². The van der Waals surface area contributed by atoms with Crippen LogP contribution in [0.1, 0.15) is 71.1 Å². The maximum Gasteiger partial charge on any atom is -0.0323 e. The maximum absolute atomic E-state index is 2.64. The van der Waals surface area contributed by atoms with Gasteiger partial charge in [-0.25, -0.2) is 0 Å². The summed E-state index contributed by atoms with van der Waals surface area (Å²) in [7, 11) is 0. The third-order valence-corrected chi connectivity index (χ3v) is 7.53. The van der Waals surface area contributed by atoms with Crippen molar-refractivity contribution >= 4 is 0 Å². The average molecular weight is 246 g/mol. The fourth-order valence-corrected chi connectivity index (χ4v) is 6.96. The Kier molecular flexibility index (Phi) is 2.97. The van der Waals surface area contributed by atoms with E-state index in [1.54, 1.807) is 64.2 Å². The van der Waals surface area contributed by atoms with Crippen molar-refractivity contribution in [3.05, 3.63) is 0 Å². The molecule has 4 rings (SSSR count). The van der Waals surface area contributed by atoms with Crippen molar-refractivity contribution in [2.24, 2.45) is 41.4 Å². The predicted molar refractivity (Wildman–Crippen MR) is 76.3 cm³/mol. The molecule has 4 aliphatic carbocycles. The molecular weight excluding hydrogens is 216 g/mol. The molecule has 0 amide bonds. The van der Waals surface area contributed by atoms with Gasteiger partial charge in [-0.2, -0.15) is 0 Å². The molecule has 0 aliphatic heterocycles. The van der Waals surface area contributed by atoms with Gasteiger partial charge < -0.3 is 0 Å². The van der Waals surface area contributed by atoms with Gasteiger partial charge in [-0.15, -0.1) is 0 Å². The number of rotatable bonds is 0. The van der Waals surface area contributed by atoms with E-state index in [-0.39, 0.29) is 0 Å². The van der Waals surface area contributed by atoms with Gasteiger partial charge in [-0.05, 0) is 73.5 Å². The zero-order valence-corrected chi connectivity index (χ0v) is 12.1. The van der Waals surface area contributed by atoms with E-state index in [0.29, 0.717) is 0 Å². The Bertz CT molecular complexity index is 307. The van der Waals surface area contributed by atoms with Gasteiger partial charge in [0.25, 0.3) is 0 Å². The van der Waals surface area contributed by atoms with Crippen LogP contribution < -0.4 is 0 Å². The van der Waals surface area contributed by atoms with E-state index in [1.165, 1.54) is 0 Å². The molecule has 0 bridgehead atoms. The highest BCUT2D eigenvalue weighted by Crippen LogP contribution is 2.61.